The Balaban J connectivity index is 0.799. The fraction of sp³-hybridized carbons (Fsp3) is 0.961. The molecule has 6 heterocycles. The minimum atomic E-state index is -1.75. The van der Waals surface area contributed by atoms with E-state index in [4.69, 9.17) is 47.4 Å². The summed E-state index contributed by atoms with van der Waals surface area (Å²) in [6, 6.07) is 0. The van der Waals surface area contributed by atoms with E-state index in [0.29, 0.717) is 37.0 Å². The topological polar surface area (TPSA) is 355 Å². The van der Waals surface area contributed by atoms with E-state index in [1.165, 1.54) is 19.4 Å². The van der Waals surface area contributed by atoms with Crippen LogP contribution in [0, 0.1) is 46.3 Å². The largest absolute Gasteiger partial charge is 0.394 e. The molecule has 9 fully saturated rings. The van der Waals surface area contributed by atoms with E-state index >= 15 is 0 Å². The molecule has 4 aliphatic carbocycles. The van der Waals surface area contributed by atoms with Crippen LogP contribution in [0.2, 0.25) is 0 Å². The van der Waals surface area contributed by atoms with Gasteiger partial charge >= 0.3 is 0 Å². The molecule has 74 heavy (non-hydrogen) atoms. The first-order valence-electron chi connectivity index (χ1n) is 27.0. The molecule has 0 bridgehead atoms. The van der Waals surface area contributed by atoms with Crippen LogP contribution < -0.4 is 0 Å². The number of hydrogen-bond donors (Lipinski definition) is 13. The first-order valence-corrected chi connectivity index (χ1v) is 27.0. The average molecular weight is 1060 g/mol. The van der Waals surface area contributed by atoms with Crippen molar-refractivity contribution in [2.75, 3.05) is 26.4 Å². The van der Waals surface area contributed by atoms with Crippen molar-refractivity contribution in [3.05, 3.63) is 11.6 Å². The molecule has 13 N–H and O–H groups in total. The van der Waals surface area contributed by atoms with E-state index < -0.39 is 154 Å². The van der Waals surface area contributed by atoms with Gasteiger partial charge in [0.1, 0.15) is 91.6 Å². The van der Waals surface area contributed by atoms with Gasteiger partial charge in [0.05, 0.1) is 50.8 Å². The molecule has 0 radical (unpaired) electrons. The minimum Gasteiger partial charge on any atom is -0.394 e. The monoisotopic (exact) mass is 1060 g/mol. The van der Waals surface area contributed by atoms with Crippen LogP contribution in [0.1, 0.15) is 86.0 Å². The zero-order valence-corrected chi connectivity index (χ0v) is 42.7. The van der Waals surface area contributed by atoms with Gasteiger partial charge in [-0.3, -0.25) is 0 Å². The molecule has 32 atom stereocenters. The van der Waals surface area contributed by atoms with Crippen molar-refractivity contribution in [1.82, 2.24) is 0 Å². The lowest BCUT2D eigenvalue weighted by atomic mass is 9.47. The van der Waals surface area contributed by atoms with Crippen molar-refractivity contribution in [1.29, 1.82) is 0 Å². The van der Waals surface area contributed by atoms with E-state index in [0.717, 1.165) is 32.1 Å². The summed E-state index contributed by atoms with van der Waals surface area (Å²) in [6.07, 6.45) is -22.4. The third kappa shape index (κ3) is 9.38. The number of fused-ring (bicyclic) bond motifs is 7. The van der Waals surface area contributed by atoms with Gasteiger partial charge in [-0.2, -0.15) is 0 Å². The fourth-order valence-electron chi connectivity index (χ4n) is 15.6. The standard InChI is InChI=1S/C51H82O23/c1-19-32-28(74-51(19)31(54)12-22(18-66-51)17-65-45-39(61)38(60)35(57)29(15-52)70-45)14-27-25-7-6-23-13-24(8-10-49(23,4)26(25)9-11-50(27,32)5)69-48-44(73-47-41(63)37(59)34(56)21(3)68-47)42(64)43(30(16-53)71-48)72-46-40(62)36(58)33(55)20(2)67-46/h6,19-22,24-48,52-64H,7-18H2,1-5H3/t19-,20-,21-,22-,24-,25+,26-,27-,28-,29+,30+,31-,32-,33-,34-,35+,36+,37+,38-,39+,40+,41+,42-,43+,44+,45+,46-,47-,48+,49-,50-,51-/m0/s1. The van der Waals surface area contributed by atoms with Crippen LogP contribution in [0.15, 0.2) is 11.6 Å². The number of aliphatic hydroxyl groups is 13. The first-order chi connectivity index (χ1) is 35.1. The molecule has 0 aromatic heterocycles. The highest BCUT2D eigenvalue weighted by molar-refractivity contribution is 5.27. The zero-order chi connectivity index (χ0) is 53.1. The van der Waals surface area contributed by atoms with Gasteiger partial charge in [0.25, 0.3) is 0 Å². The van der Waals surface area contributed by atoms with Gasteiger partial charge < -0.3 is 114 Å². The summed E-state index contributed by atoms with van der Waals surface area (Å²) >= 11 is 0. The third-order valence-corrected chi connectivity index (χ3v) is 19.9. The number of rotatable bonds is 11. The van der Waals surface area contributed by atoms with E-state index in [-0.39, 0.29) is 47.9 Å². The number of ether oxygens (including phenoxy) is 10. The summed E-state index contributed by atoms with van der Waals surface area (Å²) in [5.74, 6) is -0.337. The van der Waals surface area contributed by atoms with Gasteiger partial charge in [-0.05, 0) is 99.7 Å². The van der Waals surface area contributed by atoms with Gasteiger partial charge in [-0.1, -0.05) is 32.4 Å². The Kier molecular flexibility index (Phi) is 16.2. The average Bonchev–Trinajstić information content (AvgIpc) is 3.88. The Morgan fingerprint density at radius 3 is 1.85 bits per heavy atom. The first kappa shape index (κ1) is 56.1. The van der Waals surface area contributed by atoms with Crippen LogP contribution in [0.4, 0.5) is 0 Å². The van der Waals surface area contributed by atoms with Gasteiger partial charge in [-0.25, -0.2) is 0 Å². The molecular formula is C51H82O23. The normalized spacial score (nSPS) is 57.5. The molecular weight excluding hydrogens is 981 g/mol. The maximum Gasteiger partial charge on any atom is 0.197 e. The fourth-order valence-corrected chi connectivity index (χ4v) is 15.6. The Morgan fingerprint density at radius 1 is 0.608 bits per heavy atom. The maximum atomic E-state index is 12.1. The van der Waals surface area contributed by atoms with E-state index in [2.05, 4.69) is 26.8 Å². The molecule has 0 unspecified atom stereocenters. The highest BCUT2D eigenvalue weighted by atomic mass is 16.8. The smallest absolute Gasteiger partial charge is 0.197 e. The third-order valence-electron chi connectivity index (χ3n) is 19.9. The quantitative estimate of drug-likeness (QED) is 0.0918. The summed E-state index contributed by atoms with van der Waals surface area (Å²) < 4.78 is 61.4. The molecule has 23 heteroatoms. The molecule has 424 valence electrons. The van der Waals surface area contributed by atoms with Crippen LogP contribution in [0.3, 0.4) is 0 Å². The molecule has 0 aromatic carbocycles. The summed E-state index contributed by atoms with van der Waals surface area (Å²) in [7, 11) is 0. The second kappa shape index (κ2) is 21.4. The number of hydrogen-bond acceptors (Lipinski definition) is 23. The summed E-state index contributed by atoms with van der Waals surface area (Å²) in [5, 5.41) is 139. The number of aliphatic hydroxyl groups excluding tert-OH is 13. The number of allylic oxidation sites excluding steroid dienone is 1. The highest BCUT2D eigenvalue weighted by Gasteiger charge is 2.71. The van der Waals surface area contributed by atoms with Crippen molar-refractivity contribution < 1.29 is 114 Å². The van der Waals surface area contributed by atoms with Crippen molar-refractivity contribution in [3.8, 4) is 0 Å². The summed E-state index contributed by atoms with van der Waals surface area (Å²) in [5.41, 5.74) is 1.03. The highest BCUT2D eigenvalue weighted by Crippen LogP contribution is 2.71. The summed E-state index contributed by atoms with van der Waals surface area (Å²) in [4.78, 5) is 0. The Morgan fingerprint density at radius 2 is 1.22 bits per heavy atom. The minimum absolute atomic E-state index is 0.0367. The lowest BCUT2D eigenvalue weighted by Gasteiger charge is -2.59. The van der Waals surface area contributed by atoms with Gasteiger partial charge in [0, 0.05) is 11.8 Å². The van der Waals surface area contributed by atoms with Gasteiger partial charge in [0.2, 0.25) is 0 Å². The van der Waals surface area contributed by atoms with E-state index in [9.17, 15) is 66.4 Å². The van der Waals surface area contributed by atoms with Crippen molar-refractivity contribution in [3.63, 3.8) is 0 Å². The van der Waals surface area contributed by atoms with Crippen molar-refractivity contribution >= 4 is 0 Å². The van der Waals surface area contributed by atoms with Crippen LogP contribution >= 0.6 is 0 Å². The van der Waals surface area contributed by atoms with Crippen molar-refractivity contribution in [2.24, 2.45) is 46.3 Å². The molecule has 1 spiro atoms. The Bertz CT molecular complexity index is 1970. The molecule has 6 aliphatic heterocycles. The summed E-state index contributed by atoms with van der Waals surface area (Å²) in [6.45, 7) is 8.82. The van der Waals surface area contributed by atoms with Crippen LogP contribution in [-0.2, 0) is 47.4 Å². The van der Waals surface area contributed by atoms with Crippen molar-refractivity contribution in [2.45, 2.75) is 233 Å². The van der Waals surface area contributed by atoms with E-state index in [1.54, 1.807) is 0 Å². The Hall–Kier alpha value is -1.18. The SMILES string of the molecule is C[C@@H]1O[C@@H](O[C@H]2[C@H](O[C@H]3CC[C@@]4(C)C(=CC[C@H]5[C@@H]6C[C@@H]7O[C@@]8(OC[C@H](CO[C@@H]9O[C@H](CO)[C@@H](O)[C@H](O)[C@H]9O)C[C@@H]8O)[C@@H](C)[C@@H]7[C@@]6(C)CC[C@@H]54)C3)O[C@H](CO)[C@@H](O[C@@H]3O[C@@H](C)[C@H](O)[C@@H](O)[C@H]3O)[C@@H]2O)[C@H](O)[C@H](O)[C@H]1O. The molecule has 0 amide bonds. The van der Waals surface area contributed by atoms with Crippen LogP contribution in [-0.4, -0.2) is 240 Å². The predicted molar refractivity (Wildman–Crippen MR) is 248 cm³/mol. The lowest BCUT2D eigenvalue weighted by molar-refractivity contribution is -0.388. The molecule has 10 rings (SSSR count). The predicted octanol–water partition coefficient (Wildman–Crippen LogP) is -2.99. The molecule has 6 saturated heterocycles. The molecule has 10 aliphatic rings. The second-order valence-electron chi connectivity index (χ2n) is 24.0. The van der Waals surface area contributed by atoms with E-state index in [1.807, 2.05) is 0 Å². The lowest BCUT2D eigenvalue weighted by Crippen LogP contribution is -2.66. The molecule has 0 aromatic rings. The maximum absolute atomic E-state index is 12.1. The van der Waals surface area contributed by atoms with Gasteiger partial charge in [-0.15, -0.1) is 0 Å². The van der Waals surface area contributed by atoms with Crippen LogP contribution in [0.5, 0.6) is 0 Å². The molecule has 3 saturated carbocycles. The zero-order valence-electron chi connectivity index (χ0n) is 42.7. The second-order valence-corrected chi connectivity index (χ2v) is 24.0. The Labute approximate surface area is 430 Å². The molecule has 23 nitrogen and oxygen atoms in total. The van der Waals surface area contributed by atoms with Gasteiger partial charge in [0.15, 0.2) is 30.9 Å². The van der Waals surface area contributed by atoms with Crippen LogP contribution in [0.25, 0.3) is 0 Å².